The third-order valence-corrected chi connectivity index (χ3v) is 4.59. The summed E-state index contributed by atoms with van der Waals surface area (Å²) >= 11 is 0. The first-order valence-electron chi connectivity index (χ1n) is 8.42. The predicted octanol–water partition coefficient (Wildman–Crippen LogP) is 2.96. The molecule has 0 radical (unpaired) electrons. The van der Waals surface area contributed by atoms with Crippen LogP contribution in [-0.4, -0.2) is 24.8 Å². The van der Waals surface area contributed by atoms with Gasteiger partial charge in [0.1, 0.15) is 5.75 Å². The zero-order chi connectivity index (χ0) is 17.5. The van der Waals surface area contributed by atoms with Crippen LogP contribution < -0.4 is 10.1 Å². The van der Waals surface area contributed by atoms with Gasteiger partial charge in [0.15, 0.2) is 11.7 Å². The SMILES string of the molecule is COc1ccccc1[C@@H](C)CC(=O)[C@@H](C#N)C(=O)NC1CCCC1. The van der Waals surface area contributed by atoms with Gasteiger partial charge in [0.05, 0.1) is 13.2 Å². The van der Waals surface area contributed by atoms with E-state index in [-0.39, 0.29) is 24.2 Å². The van der Waals surface area contributed by atoms with Gasteiger partial charge in [-0.2, -0.15) is 5.26 Å². The lowest BCUT2D eigenvalue weighted by Crippen LogP contribution is -2.40. The fourth-order valence-corrected chi connectivity index (χ4v) is 3.23. The molecule has 0 aliphatic heterocycles. The van der Waals surface area contributed by atoms with Gasteiger partial charge >= 0.3 is 0 Å². The number of carbonyl (C=O) groups excluding carboxylic acids is 2. The standard InChI is InChI=1S/C19H24N2O3/c1-13(15-9-5-6-10-18(15)24-2)11-17(22)16(12-20)19(23)21-14-7-3-4-8-14/h5-6,9-10,13-14,16H,3-4,7-8,11H2,1-2H3,(H,21,23)/t13-,16+/m0/s1. The lowest BCUT2D eigenvalue weighted by atomic mass is 9.90. The van der Waals surface area contributed by atoms with Gasteiger partial charge in [-0.1, -0.05) is 38.0 Å². The summed E-state index contributed by atoms with van der Waals surface area (Å²) in [5.41, 5.74) is 0.904. The highest BCUT2D eigenvalue weighted by atomic mass is 16.5. The van der Waals surface area contributed by atoms with E-state index in [1.165, 1.54) is 0 Å². The van der Waals surface area contributed by atoms with Crippen LogP contribution in [0.25, 0.3) is 0 Å². The smallest absolute Gasteiger partial charge is 0.245 e. The van der Waals surface area contributed by atoms with Gasteiger partial charge < -0.3 is 10.1 Å². The number of benzene rings is 1. The van der Waals surface area contributed by atoms with Gasteiger partial charge in [-0.05, 0) is 30.4 Å². The maximum Gasteiger partial charge on any atom is 0.245 e. The van der Waals surface area contributed by atoms with Crippen molar-refractivity contribution in [3.8, 4) is 11.8 Å². The first kappa shape index (κ1) is 18.0. The number of amides is 1. The number of Topliss-reactive ketones (excluding diaryl/α,β-unsaturated/α-hetero) is 1. The Balaban J connectivity index is 2.00. The molecular weight excluding hydrogens is 304 g/mol. The van der Waals surface area contributed by atoms with E-state index in [2.05, 4.69) is 5.32 Å². The highest BCUT2D eigenvalue weighted by Gasteiger charge is 2.30. The molecule has 0 spiro atoms. The zero-order valence-electron chi connectivity index (χ0n) is 14.2. The quantitative estimate of drug-likeness (QED) is 0.780. The van der Waals surface area contributed by atoms with Gasteiger partial charge in [0, 0.05) is 12.5 Å². The van der Waals surface area contributed by atoms with E-state index in [1.807, 2.05) is 37.3 Å². The average Bonchev–Trinajstić information content (AvgIpc) is 3.08. The molecule has 0 heterocycles. The molecule has 0 saturated heterocycles. The molecule has 1 aromatic rings. The molecule has 5 heteroatoms. The zero-order valence-corrected chi connectivity index (χ0v) is 14.2. The Kier molecular flexibility index (Phi) is 6.36. The van der Waals surface area contributed by atoms with Crippen molar-refractivity contribution in [3.05, 3.63) is 29.8 Å². The van der Waals surface area contributed by atoms with Crippen molar-refractivity contribution in [1.29, 1.82) is 5.26 Å². The second-order valence-electron chi connectivity index (χ2n) is 6.37. The second kappa shape index (κ2) is 8.49. The third-order valence-electron chi connectivity index (χ3n) is 4.59. The Labute approximate surface area is 143 Å². The van der Waals surface area contributed by atoms with Crippen LogP contribution in [-0.2, 0) is 9.59 Å². The van der Waals surface area contributed by atoms with Crippen LogP contribution in [0.15, 0.2) is 24.3 Å². The van der Waals surface area contributed by atoms with Crippen molar-refractivity contribution in [2.24, 2.45) is 5.92 Å². The molecule has 5 nitrogen and oxygen atoms in total. The van der Waals surface area contributed by atoms with Crippen LogP contribution in [0.1, 0.15) is 50.5 Å². The summed E-state index contributed by atoms with van der Waals surface area (Å²) in [5.74, 6) is -1.44. The minimum atomic E-state index is -1.23. The van der Waals surface area contributed by atoms with Crippen molar-refractivity contribution >= 4 is 11.7 Å². The number of nitriles is 1. The number of carbonyl (C=O) groups is 2. The monoisotopic (exact) mass is 328 g/mol. The summed E-state index contributed by atoms with van der Waals surface area (Å²) in [5, 5.41) is 12.1. The molecule has 2 atom stereocenters. The molecule has 1 fully saturated rings. The van der Waals surface area contributed by atoms with Crippen LogP contribution in [0.3, 0.4) is 0 Å². The molecule has 0 unspecified atom stereocenters. The minimum absolute atomic E-state index is 0.104. The Bertz CT molecular complexity index is 630. The third kappa shape index (κ3) is 4.35. The summed E-state index contributed by atoms with van der Waals surface area (Å²) < 4.78 is 5.32. The number of para-hydroxylation sites is 1. The number of nitrogens with zero attached hydrogens (tertiary/aromatic N) is 1. The topological polar surface area (TPSA) is 79.2 Å². The summed E-state index contributed by atoms with van der Waals surface area (Å²) in [6, 6.07) is 9.46. The summed E-state index contributed by atoms with van der Waals surface area (Å²) in [6.07, 6.45) is 4.16. The Hall–Kier alpha value is -2.35. The molecule has 1 amide bonds. The maximum atomic E-state index is 12.4. The first-order chi connectivity index (χ1) is 11.6. The highest BCUT2D eigenvalue weighted by molar-refractivity contribution is 6.04. The first-order valence-corrected chi connectivity index (χ1v) is 8.42. The molecule has 1 aliphatic carbocycles. The van der Waals surface area contributed by atoms with E-state index in [9.17, 15) is 14.9 Å². The van der Waals surface area contributed by atoms with Gasteiger partial charge in [0.25, 0.3) is 0 Å². The van der Waals surface area contributed by atoms with Gasteiger partial charge in [-0.25, -0.2) is 0 Å². The van der Waals surface area contributed by atoms with Crippen LogP contribution in [0.2, 0.25) is 0 Å². The van der Waals surface area contributed by atoms with Crippen LogP contribution in [0.5, 0.6) is 5.75 Å². The number of methoxy groups -OCH3 is 1. The fraction of sp³-hybridized carbons (Fsp3) is 0.526. The largest absolute Gasteiger partial charge is 0.496 e. The molecule has 0 aromatic heterocycles. The van der Waals surface area contributed by atoms with Gasteiger partial charge in [-0.15, -0.1) is 0 Å². The highest BCUT2D eigenvalue weighted by Crippen LogP contribution is 2.29. The van der Waals surface area contributed by atoms with Crippen molar-refractivity contribution < 1.29 is 14.3 Å². The van der Waals surface area contributed by atoms with E-state index >= 15 is 0 Å². The van der Waals surface area contributed by atoms with Crippen LogP contribution in [0, 0.1) is 17.2 Å². The summed E-state index contributed by atoms with van der Waals surface area (Å²) in [4.78, 5) is 24.7. The van der Waals surface area contributed by atoms with Crippen LogP contribution in [0.4, 0.5) is 0 Å². The number of ether oxygens (including phenoxy) is 1. The van der Waals surface area contributed by atoms with Gasteiger partial charge in [0.2, 0.25) is 5.91 Å². The fourth-order valence-electron chi connectivity index (χ4n) is 3.23. The molecule has 1 aliphatic rings. The Morgan fingerprint density at radius 3 is 2.62 bits per heavy atom. The number of rotatable bonds is 7. The molecular formula is C19H24N2O3. The molecule has 128 valence electrons. The molecule has 2 rings (SSSR count). The van der Waals surface area contributed by atoms with Crippen LogP contribution >= 0.6 is 0 Å². The molecule has 1 saturated carbocycles. The molecule has 1 N–H and O–H groups in total. The van der Waals surface area contributed by atoms with E-state index in [0.29, 0.717) is 5.75 Å². The van der Waals surface area contributed by atoms with E-state index in [0.717, 1.165) is 31.2 Å². The second-order valence-corrected chi connectivity index (χ2v) is 6.37. The lowest BCUT2D eigenvalue weighted by Gasteiger charge is -2.18. The maximum absolute atomic E-state index is 12.4. The molecule has 1 aromatic carbocycles. The number of hydrogen-bond donors (Lipinski definition) is 1. The Morgan fingerprint density at radius 1 is 1.33 bits per heavy atom. The van der Waals surface area contributed by atoms with Crippen molar-refractivity contribution in [2.45, 2.75) is 51.0 Å². The molecule has 24 heavy (non-hydrogen) atoms. The number of ketones is 1. The summed E-state index contributed by atoms with van der Waals surface area (Å²) in [7, 11) is 1.58. The summed E-state index contributed by atoms with van der Waals surface area (Å²) in [6.45, 7) is 1.90. The van der Waals surface area contributed by atoms with Crippen molar-refractivity contribution in [2.75, 3.05) is 7.11 Å². The molecule has 0 bridgehead atoms. The van der Waals surface area contributed by atoms with E-state index < -0.39 is 11.8 Å². The average molecular weight is 328 g/mol. The Morgan fingerprint density at radius 2 is 2.00 bits per heavy atom. The number of nitrogens with one attached hydrogen (secondary N) is 1. The number of hydrogen-bond acceptors (Lipinski definition) is 4. The van der Waals surface area contributed by atoms with E-state index in [1.54, 1.807) is 7.11 Å². The van der Waals surface area contributed by atoms with E-state index in [4.69, 9.17) is 4.74 Å². The lowest BCUT2D eigenvalue weighted by molar-refractivity contribution is -0.132. The minimum Gasteiger partial charge on any atom is -0.496 e. The van der Waals surface area contributed by atoms with Gasteiger partial charge in [-0.3, -0.25) is 9.59 Å². The van der Waals surface area contributed by atoms with Crippen molar-refractivity contribution in [3.63, 3.8) is 0 Å². The predicted molar refractivity (Wildman–Crippen MR) is 90.5 cm³/mol. The van der Waals surface area contributed by atoms with Crippen molar-refractivity contribution in [1.82, 2.24) is 5.32 Å². The normalized spacial score (nSPS) is 16.9.